The highest BCUT2D eigenvalue weighted by molar-refractivity contribution is 5.95. The Labute approximate surface area is 120 Å². The van der Waals surface area contributed by atoms with Crippen LogP contribution in [-0.2, 0) is 0 Å². The number of aromatic nitrogens is 2. The molecule has 20 heavy (non-hydrogen) atoms. The van der Waals surface area contributed by atoms with Crippen molar-refractivity contribution in [2.45, 2.75) is 46.5 Å². The number of hydrogen-bond acceptors (Lipinski definition) is 5. The molecule has 1 aromatic rings. The molecule has 0 spiro atoms. The minimum Gasteiger partial charge on any atom is -0.409 e. The van der Waals surface area contributed by atoms with E-state index in [2.05, 4.69) is 33.9 Å². The van der Waals surface area contributed by atoms with Gasteiger partial charge in [0.25, 0.3) is 0 Å². The normalized spacial score (nSPS) is 11.7. The number of nitrogens with zero attached hydrogens (tertiary/aromatic N) is 4. The maximum atomic E-state index is 8.78. The molecule has 0 saturated heterocycles. The third kappa shape index (κ3) is 4.68. The highest BCUT2D eigenvalue weighted by atomic mass is 16.4. The smallest absolute Gasteiger partial charge is 0.226 e. The highest BCUT2D eigenvalue weighted by Crippen LogP contribution is 2.12. The van der Waals surface area contributed by atoms with Crippen molar-refractivity contribution in [1.29, 1.82) is 0 Å². The van der Waals surface area contributed by atoms with Crippen LogP contribution in [0.25, 0.3) is 0 Å². The second-order valence-corrected chi connectivity index (χ2v) is 4.87. The van der Waals surface area contributed by atoms with Gasteiger partial charge in [-0.2, -0.15) is 0 Å². The molecule has 0 atom stereocenters. The lowest BCUT2D eigenvalue weighted by molar-refractivity contribution is 0.318. The second-order valence-electron chi connectivity index (χ2n) is 4.87. The minimum absolute atomic E-state index is 0.0164. The molecule has 0 saturated carbocycles. The first-order valence-corrected chi connectivity index (χ1v) is 7.20. The van der Waals surface area contributed by atoms with Gasteiger partial charge in [-0.25, -0.2) is 9.97 Å². The van der Waals surface area contributed by atoms with E-state index in [1.54, 1.807) is 6.07 Å². The Morgan fingerprint density at radius 1 is 1.25 bits per heavy atom. The van der Waals surface area contributed by atoms with E-state index >= 15 is 0 Å². The van der Waals surface area contributed by atoms with E-state index in [-0.39, 0.29) is 5.84 Å². The molecule has 0 aliphatic rings. The Morgan fingerprint density at radius 3 is 2.35 bits per heavy atom. The van der Waals surface area contributed by atoms with Gasteiger partial charge in [-0.15, -0.1) is 0 Å². The topological polar surface area (TPSA) is 87.6 Å². The van der Waals surface area contributed by atoms with Crippen molar-refractivity contribution >= 4 is 11.8 Å². The van der Waals surface area contributed by atoms with Crippen molar-refractivity contribution in [3.63, 3.8) is 0 Å². The lowest BCUT2D eigenvalue weighted by Gasteiger charge is -2.23. The number of nitrogens with two attached hydrogens (primary N) is 1. The van der Waals surface area contributed by atoms with Gasteiger partial charge in [0.1, 0.15) is 5.69 Å². The van der Waals surface area contributed by atoms with Gasteiger partial charge in [0.2, 0.25) is 5.95 Å². The predicted molar refractivity (Wildman–Crippen MR) is 81.3 cm³/mol. The number of amidine groups is 1. The van der Waals surface area contributed by atoms with Crippen LogP contribution in [0.5, 0.6) is 0 Å². The van der Waals surface area contributed by atoms with Gasteiger partial charge in [-0.1, -0.05) is 31.8 Å². The van der Waals surface area contributed by atoms with E-state index in [1.807, 2.05) is 6.92 Å². The van der Waals surface area contributed by atoms with E-state index in [0.29, 0.717) is 11.6 Å². The fourth-order valence-electron chi connectivity index (χ4n) is 1.89. The number of aryl methyl sites for hydroxylation is 1. The molecule has 0 aliphatic carbocycles. The van der Waals surface area contributed by atoms with Crippen LogP contribution in [0.4, 0.5) is 5.95 Å². The summed E-state index contributed by atoms with van der Waals surface area (Å²) in [5.74, 6) is 0.677. The molecular formula is C14H25N5O. The molecule has 0 radical (unpaired) electrons. The molecule has 3 N–H and O–H groups in total. The number of unbranched alkanes of at least 4 members (excludes halogenated alkanes) is 2. The van der Waals surface area contributed by atoms with Gasteiger partial charge in [0, 0.05) is 18.8 Å². The molecule has 6 nitrogen and oxygen atoms in total. The Bertz CT molecular complexity index is 439. The Hall–Kier alpha value is -1.85. The first kappa shape index (κ1) is 16.2. The maximum Gasteiger partial charge on any atom is 0.226 e. The quantitative estimate of drug-likeness (QED) is 0.330. The Morgan fingerprint density at radius 2 is 1.85 bits per heavy atom. The summed E-state index contributed by atoms with van der Waals surface area (Å²) in [6, 6.07) is 1.72. The number of oxime groups is 1. The van der Waals surface area contributed by atoms with Crippen molar-refractivity contribution in [1.82, 2.24) is 9.97 Å². The molecule has 6 heteroatoms. The largest absolute Gasteiger partial charge is 0.409 e. The fraction of sp³-hybridized carbons (Fsp3) is 0.643. The number of hydrogen-bond donors (Lipinski definition) is 2. The van der Waals surface area contributed by atoms with Crippen LogP contribution in [0, 0.1) is 6.92 Å². The summed E-state index contributed by atoms with van der Waals surface area (Å²) in [7, 11) is 0. The molecule has 112 valence electrons. The van der Waals surface area contributed by atoms with E-state index < -0.39 is 0 Å². The average Bonchev–Trinajstić information content (AvgIpc) is 2.45. The monoisotopic (exact) mass is 279 g/mol. The molecule has 0 aromatic carbocycles. The predicted octanol–water partition coefficient (Wildman–Crippen LogP) is 2.29. The first-order valence-electron chi connectivity index (χ1n) is 7.20. The molecule has 1 rings (SSSR count). The fourth-order valence-corrected chi connectivity index (χ4v) is 1.89. The standard InChI is InChI=1S/C14H25N5O/c1-4-6-8-19(9-7-5-2)14-16-11(3)10-12(17-14)13(15)18-20/h10,20H,4-9H2,1-3H3,(H2,15,18). The third-order valence-corrected chi connectivity index (χ3v) is 3.06. The minimum atomic E-state index is 0.0164. The summed E-state index contributed by atoms with van der Waals surface area (Å²) < 4.78 is 0. The Balaban J connectivity index is 3.01. The summed E-state index contributed by atoms with van der Waals surface area (Å²) in [5, 5.41) is 11.8. The van der Waals surface area contributed by atoms with Crippen molar-refractivity contribution in [3.05, 3.63) is 17.5 Å². The zero-order valence-electron chi connectivity index (χ0n) is 12.6. The van der Waals surface area contributed by atoms with E-state index in [0.717, 1.165) is 44.5 Å². The van der Waals surface area contributed by atoms with Crippen LogP contribution in [-0.4, -0.2) is 34.1 Å². The Kier molecular flexibility index (Phi) is 6.76. The van der Waals surface area contributed by atoms with Crippen molar-refractivity contribution in [2.24, 2.45) is 10.9 Å². The van der Waals surface area contributed by atoms with Gasteiger partial charge in [0.05, 0.1) is 0 Å². The maximum absolute atomic E-state index is 8.78. The van der Waals surface area contributed by atoms with Gasteiger partial charge >= 0.3 is 0 Å². The SMILES string of the molecule is CCCCN(CCCC)c1nc(C)cc(/C(N)=N/O)n1. The lowest BCUT2D eigenvalue weighted by Crippen LogP contribution is -2.29. The lowest BCUT2D eigenvalue weighted by atomic mass is 10.2. The van der Waals surface area contributed by atoms with Crippen molar-refractivity contribution < 1.29 is 5.21 Å². The number of rotatable bonds is 8. The van der Waals surface area contributed by atoms with Crippen LogP contribution >= 0.6 is 0 Å². The molecule has 0 unspecified atom stereocenters. The van der Waals surface area contributed by atoms with E-state index in [1.165, 1.54) is 0 Å². The second kappa shape index (κ2) is 8.35. The molecule has 1 heterocycles. The third-order valence-electron chi connectivity index (χ3n) is 3.06. The van der Waals surface area contributed by atoms with E-state index in [4.69, 9.17) is 10.9 Å². The summed E-state index contributed by atoms with van der Waals surface area (Å²) >= 11 is 0. The zero-order chi connectivity index (χ0) is 15.0. The molecular weight excluding hydrogens is 254 g/mol. The van der Waals surface area contributed by atoms with Gasteiger partial charge < -0.3 is 15.8 Å². The van der Waals surface area contributed by atoms with Gasteiger partial charge in [-0.3, -0.25) is 0 Å². The van der Waals surface area contributed by atoms with Crippen LogP contribution in [0.2, 0.25) is 0 Å². The molecule has 0 fully saturated rings. The summed E-state index contributed by atoms with van der Waals surface area (Å²) in [5.41, 5.74) is 6.90. The molecule has 0 amide bonds. The average molecular weight is 279 g/mol. The zero-order valence-corrected chi connectivity index (χ0v) is 12.6. The number of anilines is 1. The highest BCUT2D eigenvalue weighted by Gasteiger charge is 2.12. The van der Waals surface area contributed by atoms with Crippen molar-refractivity contribution in [2.75, 3.05) is 18.0 Å². The van der Waals surface area contributed by atoms with Crippen molar-refractivity contribution in [3.8, 4) is 0 Å². The molecule has 0 aliphatic heterocycles. The summed E-state index contributed by atoms with van der Waals surface area (Å²) in [6.07, 6.45) is 4.45. The van der Waals surface area contributed by atoms with Gasteiger partial charge in [-0.05, 0) is 25.8 Å². The van der Waals surface area contributed by atoms with Crippen LogP contribution in [0.3, 0.4) is 0 Å². The summed E-state index contributed by atoms with van der Waals surface area (Å²) in [4.78, 5) is 11.1. The van der Waals surface area contributed by atoms with Crippen LogP contribution < -0.4 is 10.6 Å². The molecule has 0 bridgehead atoms. The summed E-state index contributed by atoms with van der Waals surface area (Å²) in [6.45, 7) is 8.07. The van der Waals surface area contributed by atoms with Gasteiger partial charge in [0.15, 0.2) is 5.84 Å². The molecule has 1 aromatic heterocycles. The van der Waals surface area contributed by atoms with E-state index in [9.17, 15) is 0 Å². The van der Waals surface area contributed by atoms with Crippen LogP contribution in [0.1, 0.15) is 50.9 Å². The first-order chi connectivity index (χ1) is 9.62. The van der Waals surface area contributed by atoms with Crippen LogP contribution in [0.15, 0.2) is 11.2 Å².